The molecule has 25 heavy (non-hydrogen) atoms. The van der Waals surface area contributed by atoms with Gasteiger partial charge in [0.1, 0.15) is 13.2 Å². The number of aromatic nitrogens is 5. The Bertz CT molecular complexity index is 750. The molecular weight excluding hydrogens is 320 g/mol. The zero-order chi connectivity index (χ0) is 17.4. The van der Waals surface area contributed by atoms with Gasteiger partial charge in [-0.05, 0) is 37.2 Å². The van der Waals surface area contributed by atoms with Gasteiger partial charge in [0.25, 0.3) is 0 Å². The van der Waals surface area contributed by atoms with Crippen LogP contribution < -0.4 is 0 Å². The van der Waals surface area contributed by atoms with E-state index in [0.717, 1.165) is 23.8 Å². The Labute approximate surface area is 146 Å². The first kappa shape index (κ1) is 16.3. The lowest BCUT2D eigenvalue weighted by Gasteiger charge is -2.16. The van der Waals surface area contributed by atoms with E-state index in [0.29, 0.717) is 31.5 Å². The van der Waals surface area contributed by atoms with Crippen molar-refractivity contribution in [1.29, 1.82) is 0 Å². The van der Waals surface area contributed by atoms with Crippen LogP contribution in [0.25, 0.3) is 0 Å². The number of aryl methyl sites for hydroxylation is 1. The Morgan fingerprint density at radius 2 is 2.24 bits per heavy atom. The lowest BCUT2D eigenvalue weighted by Crippen LogP contribution is -2.32. The van der Waals surface area contributed by atoms with E-state index in [9.17, 15) is 4.79 Å². The van der Waals surface area contributed by atoms with Gasteiger partial charge in [0.05, 0.1) is 6.20 Å². The van der Waals surface area contributed by atoms with Crippen molar-refractivity contribution < 1.29 is 9.53 Å². The van der Waals surface area contributed by atoms with Crippen LogP contribution in [0.15, 0.2) is 12.4 Å². The lowest BCUT2D eigenvalue weighted by molar-refractivity contribution is -0.131. The van der Waals surface area contributed by atoms with E-state index in [1.165, 1.54) is 12.8 Å². The quantitative estimate of drug-likeness (QED) is 0.848. The summed E-state index contributed by atoms with van der Waals surface area (Å²) in [5.74, 6) is 3.02. The van der Waals surface area contributed by atoms with Crippen LogP contribution in [0, 0.1) is 18.8 Å². The number of nitrogens with zero attached hydrogens (tertiary/aromatic N) is 5. The van der Waals surface area contributed by atoms with Crippen LogP contribution in [0.2, 0.25) is 0 Å². The Morgan fingerprint density at radius 1 is 1.40 bits per heavy atom. The number of amides is 1. The van der Waals surface area contributed by atoms with Gasteiger partial charge in [-0.1, -0.05) is 0 Å². The van der Waals surface area contributed by atoms with Crippen molar-refractivity contribution in [3.63, 3.8) is 0 Å². The smallest absolute Gasteiger partial charge is 0.244 e. The molecule has 1 saturated carbocycles. The van der Waals surface area contributed by atoms with E-state index in [2.05, 4.69) is 20.3 Å². The molecule has 4 rings (SSSR count). The average molecular weight is 344 g/mol. The first-order valence-electron chi connectivity index (χ1n) is 8.81. The van der Waals surface area contributed by atoms with Crippen molar-refractivity contribution in [2.24, 2.45) is 11.8 Å². The van der Waals surface area contributed by atoms with Crippen LogP contribution in [0.1, 0.15) is 36.0 Å². The van der Waals surface area contributed by atoms with E-state index in [-0.39, 0.29) is 11.8 Å². The summed E-state index contributed by atoms with van der Waals surface area (Å²) in [5, 5.41) is 11.6. The molecule has 1 saturated heterocycles. The predicted octanol–water partition coefficient (Wildman–Crippen LogP) is 1.11. The summed E-state index contributed by atoms with van der Waals surface area (Å²) in [5.41, 5.74) is 1.06. The number of H-pyrrole nitrogens is 1. The van der Waals surface area contributed by atoms with Gasteiger partial charge < -0.3 is 9.64 Å². The Balaban J connectivity index is 1.47. The van der Waals surface area contributed by atoms with Crippen molar-refractivity contribution in [2.45, 2.75) is 38.8 Å². The van der Waals surface area contributed by atoms with Crippen LogP contribution in [0.4, 0.5) is 0 Å². The number of nitrogens with one attached hydrogen (secondary N) is 1. The number of aromatic amines is 1. The van der Waals surface area contributed by atoms with E-state index < -0.39 is 0 Å². The van der Waals surface area contributed by atoms with Crippen LogP contribution in [-0.4, -0.2) is 56.0 Å². The highest BCUT2D eigenvalue weighted by Crippen LogP contribution is 2.47. The van der Waals surface area contributed by atoms with Crippen LogP contribution in [0.3, 0.4) is 0 Å². The maximum absolute atomic E-state index is 12.7. The van der Waals surface area contributed by atoms with Crippen molar-refractivity contribution in [1.82, 2.24) is 29.9 Å². The van der Waals surface area contributed by atoms with Crippen molar-refractivity contribution in [2.75, 3.05) is 20.2 Å². The van der Waals surface area contributed by atoms with Crippen molar-refractivity contribution in [3.8, 4) is 0 Å². The molecule has 1 aliphatic carbocycles. The van der Waals surface area contributed by atoms with Gasteiger partial charge >= 0.3 is 0 Å². The predicted molar refractivity (Wildman–Crippen MR) is 89.6 cm³/mol. The molecule has 2 aliphatic rings. The van der Waals surface area contributed by atoms with E-state index in [1.807, 2.05) is 18.0 Å². The van der Waals surface area contributed by atoms with Gasteiger partial charge in [0, 0.05) is 32.3 Å². The number of ether oxygens (including phenoxy) is 1. The molecule has 0 bridgehead atoms. The molecule has 8 nitrogen and oxygen atoms in total. The summed E-state index contributed by atoms with van der Waals surface area (Å²) >= 11 is 0. The molecule has 2 aromatic rings. The summed E-state index contributed by atoms with van der Waals surface area (Å²) < 4.78 is 6.82. The number of hydrogen-bond acceptors (Lipinski definition) is 5. The molecule has 1 aliphatic heterocycles. The monoisotopic (exact) mass is 344 g/mol. The molecular formula is C17H24N6O2. The number of hydrogen-bond donors (Lipinski definition) is 1. The van der Waals surface area contributed by atoms with Gasteiger partial charge in [-0.25, -0.2) is 4.98 Å². The fraction of sp³-hybridized carbons (Fsp3) is 0.647. The van der Waals surface area contributed by atoms with Gasteiger partial charge in [-0.2, -0.15) is 10.2 Å². The normalized spacial score (nSPS) is 23.4. The summed E-state index contributed by atoms with van der Waals surface area (Å²) in [7, 11) is 1.64. The minimum absolute atomic E-state index is 0.115. The highest BCUT2D eigenvalue weighted by molar-refractivity contribution is 5.76. The summed E-state index contributed by atoms with van der Waals surface area (Å²) in [6.45, 7) is 4.17. The summed E-state index contributed by atoms with van der Waals surface area (Å²) in [4.78, 5) is 19.2. The minimum Gasteiger partial charge on any atom is -0.377 e. The third-order valence-electron chi connectivity index (χ3n) is 5.17. The van der Waals surface area contributed by atoms with Crippen molar-refractivity contribution >= 4 is 5.91 Å². The van der Waals surface area contributed by atoms with E-state index in [1.54, 1.807) is 18.0 Å². The summed E-state index contributed by atoms with van der Waals surface area (Å²) in [6, 6.07) is 0. The second kappa shape index (κ2) is 6.59. The first-order chi connectivity index (χ1) is 12.1. The van der Waals surface area contributed by atoms with Gasteiger partial charge in [0.2, 0.25) is 5.91 Å². The third-order valence-corrected chi connectivity index (χ3v) is 5.17. The van der Waals surface area contributed by atoms with E-state index >= 15 is 0 Å². The van der Waals surface area contributed by atoms with Crippen molar-refractivity contribution in [3.05, 3.63) is 29.6 Å². The molecule has 0 unspecified atom stereocenters. The molecule has 2 fully saturated rings. The Kier molecular flexibility index (Phi) is 4.29. The van der Waals surface area contributed by atoms with Gasteiger partial charge in [-0.15, -0.1) is 0 Å². The van der Waals surface area contributed by atoms with Crippen LogP contribution in [-0.2, 0) is 22.7 Å². The van der Waals surface area contributed by atoms with Gasteiger partial charge in [0.15, 0.2) is 11.6 Å². The maximum Gasteiger partial charge on any atom is 0.244 e. The average Bonchev–Trinajstić information content (AvgIpc) is 2.98. The molecule has 0 radical (unpaired) electrons. The fourth-order valence-corrected chi connectivity index (χ4v) is 3.78. The highest BCUT2D eigenvalue weighted by Gasteiger charge is 2.45. The molecule has 3 heterocycles. The number of likely N-dealkylation sites (tertiary alicyclic amines) is 1. The minimum atomic E-state index is 0.115. The second-order valence-electron chi connectivity index (χ2n) is 7.20. The van der Waals surface area contributed by atoms with E-state index in [4.69, 9.17) is 4.74 Å². The van der Waals surface area contributed by atoms with Crippen LogP contribution in [0.5, 0.6) is 0 Å². The molecule has 1 N–H and O–H groups in total. The molecule has 8 heteroatoms. The SMILES string of the molecule is COCc1nc([C@H]2CN(C(=O)Cn3cc(C)cn3)C[C@@H]2C2CC2)n[nH]1. The second-order valence-corrected chi connectivity index (χ2v) is 7.20. The number of carbonyl (C=O) groups is 1. The van der Waals surface area contributed by atoms with Gasteiger partial charge in [-0.3, -0.25) is 14.6 Å². The molecule has 2 aromatic heterocycles. The molecule has 134 valence electrons. The number of carbonyl (C=O) groups excluding carboxylic acids is 1. The number of methoxy groups -OCH3 is 1. The Hall–Kier alpha value is -2.22. The topological polar surface area (TPSA) is 88.9 Å². The standard InChI is InChI=1S/C17H24N6O2/c1-11-5-18-23(6-11)9-16(24)22-7-13(12-3-4-12)14(8-22)17-19-15(10-25-2)20-21-17/h5-6,12-14H,3-4,7-10H2,1-2H3,(H,19,20,21)/t13-,14+/m1/s1. The molecule has 1 amide bonds. The zero-order valence-corrected chi connectivity index (χ0v) is 14.7. The number of rotatable bonds is 6. The molecule has 0 aromatic carbocycles. The Morgan fingerprint density at radius 3 is 2.92 bits per heavy atom. The van der Waals surface area contributed by atoms with Crippen LogP contribution >= 0.6 is 0 Å². The lowest BCUT2D eigenvalue weighted by atomic mass is 9.91. The molecule has 0 spiro atoms. The molecule has 2 atom stereocenters. The third kappa shape index (κ3) is 3.44. The maximum atomic E-state index is 12.7. The largest absolute Gasteiger partial charge is 0.377 e. The summed E-state index contributed by atoms with van der Waals surface area (Å²) in [6.07, 6.45) is 6.17. The highest BCUT2D eigenvalue weighted by atomic mass is 16.5. The zero-order valence-electron chi connectivity index (χ0n) is 14.7. The first-order valence-corrected chi connectivity index (χ1v) is 8.81. The fourth-order valence-electron chi connectivity index (χ4n) is 3.78.